The highest BCUT2D eigenvalue weighted by molar-refractivity contribution is 5.79. The first-order valence-electron chi connectivity index (χ1n) is 8.35. The van der Waals surface area contributed by atoms with Gasteiger partial charge in [-0.3, -0.25) is 19.1 Å². The van der Waals surface area contributed by atoms with Gasteiger partial charge in [0.1, 0.15) is 6.54 Å². The van der Waals surface area contributed by atoms with E-state index in [1.54, 1.807) is 30.6 Å². The van der Waals surface area contributed by atoms with Gasteiger partial charge in [-0.2, -0.15) is 0 Å². The zero-order valence-corrected chi connectivity index (χ0v) is 13.7. The Kier molecular flexibility index (Phi) is 4.01. The Morgan fingerprint density at radius 2 is 2.04 bits per heavy atom. The fourth-order valence-electron chi connectivity index (χ4n) is 2.95. The molecule has 25 heavy (non-hydrogen) atoms. The lowest BCUT2D eigenvalue weighted by molar-refractivity contribution is -0.133. The Labute approximate surface area is 144 Å². The highest BCUT2D eigenvalue weighted by Crippen LogP contribution is 2.28. The van der Waals surface area contributed by atoms with Crippen molar-refractivity contribution in [3.05, 3.63) is 71.0 Å². The van der Waals surface area contributed by atoms with Crippen LogP contribution in [-0.4, -0.2) is 31.4 Å². The molecule has 1 fully saturated rings. The van der Waals surface area contributed by atoms with Gasteiger partial charge in [0.25, 0.3) is 5.56 Å². The number of rotatable bonds is 5. The monoisotopic (exact) mass is 334 g/mol. The third-order valence-electron chi connectivity index (χ3n) is 4.42. The Bertz CT molecular complexity index is 964. The summed E-state index contributed by atoms with van der Waals surface area (Å²) in [5.74, 6) is -0.0643. The van der Waals surface area contributed by atoms with E-state index in [0.29, 0.717) is 17.4 Å². The molecule has 0 aliphatic heterocycles. The summed E-state index contributed by atoms with van der Waals surface area (Å²) in [4.78, 5) is 35.6. The number of hydrogen-bond donors (Lipinski definition) is 0. The minimum Gasteiger partial charge on any atom is -0.334 e. The molecule has 0 N–H and O–H groups in total. The van der Waals surface area contributed by atoms with Gasteiger partial charge in [0.05, 0.1) is 17.2 Å². The van der Waals surface area contributed by atoms with E-state index in [2.05, 4.69) is 9.97 Å². The second-order valence-corrected chi connectivity index (χ2v) is 6.31. The largest absolute Gasteiger partial charge is 0.334 e. The summed E-state index contributed by atoms with van der Waals surface area (Å²) in [6, 6.07) is 11.3. The lowest BCUT2D eigenvalue weighted by Crippen LogP contribution is -2.37. The van der Waals surface area contributed by atoms with E-state index in [9.17, 15) is 9.59 Å². The average Bonchev–Trinajstić information content (AvgIpc) is 3.48. The topological polar surface area (TPSA) is 68.1 Å². The molecule has 126 valence electrons. The predicted octanol–water partition coefficient (Wildman–Crippen LogP) is 1.98. The molecule has 2 aromatic heterocycles. The number of benzene rings is 1. The van der Waals surface area contributed by atoms with Crippen molar-refractivity contribution in [3.8, 4) is 0 Å². The molecular weight excluding hydrogens is 316 g/mol. The van der Waals surface area contributed by atoms with Gasteiger partial charge in [-0.1, -0.05) is 18.2 Å². The summed E-state index contributed by atoms with van der Waals surface area (Å²) < 4.78 is 1.39. The summed E-state index contributed by atoms with van der Waals surface area (Å²) in [5, 5.41) is 0.531. The average molecular weight is 334 g/mol. The fourth-order valence-corrected chi connectivity index (χ4v) is 2.95. The van der Waals surface area contributed by atoms with Crippen molar-refractivity contribution < 1.29 is 4.79 Å². The van der Waals surface area contributed by atoms with Crippen LogP contribution in [0.3, 0.4) is 0 Å². The van der Waals surface area contributed by atoms with E-state index in [1.807, 2.05) is 23.1 Å². The number of hydrogen-bond acceptors (Lipinski definition) is 4. The Hall–Kier alpha value is -3.02. The normalized spacial score (nSPS) is 13.8. The number of nitrogens with zero attached hydrogens (tertiary/aromatic N) is 4. The van der Waals surface area contributed by atoms with Gasteiger partial charge in [-0.05, 0) is 36.6 Å². The maximum absolute atomic E-state index is 12.8. The van der Waals surface area contributed by atoms with Crippen LogP contribution in [0.25, 0.3) is 10.9 Å². The highest BCUT2D eigenvalue weighted by Gasteiger charge is 2.32. The lowest BCUT2D eigenvalue weighted by Gasteiger charge is -2.23. The summed E-state index contributed by atoms with van der Waals surface area (Å²) in [7, 11) is 0. The molecule has 6 heteroatoms. The van der Waals surface area contributed by atoms with Crippen LogP contribution in [-0.2, 0) is 17.9 Å². The third kappa shape index (κ3) is 3.28. The fraction of sp³-hybridized carbons (Fsp3) is 0.263. The second-order valence-electron chi connectivity index (χ2n) is 6.31. The predicted molar refractivity (Wildman–Crippen MR) is 93.8 cm³/mol. The third-order valence-corrected chi connectivity index (χ3v) is 4.42. The van der Waals surface area contributed by atoms with E-state index in [0.717, 1.165) is 18.4 Å². The molecule has 0 spiro atoms. The van der Waals surface area contributed by atoms with Crippen molar-refractivity contribution in [1.29, 1.82) is 0 Å². The molecule has 1 aromatic carbocycles. The molecule has 0 atom stereocenters. The van der Waals surface area contributed by atoms with Gasteiger partial charge in [-0.15, -0.1) is 0 Å². The molecule has 4 rings (SSSR count). The van der Waals surface area contributed by atoms with Crippen molar-refractivity contribution in [2.45, 2.75) is 32.0 Å². The molecule has 2 heterocycles. The van der Waals surface area contributed by atoms with Gasteiger partial charge in [0.15, 0.2) is 0 Å². The molecule has 0 saturated heterocycles. The van der Waals surface area contributed by atoms with Gasteiger partial charge in [-0.25, -0.2) is 4.98 Å². The Morgan fingerprint density at radius 1 is 1.20 bits per heavy atom. The molecule has 1 aliphatic rings. The molecule has 0 bridgehead atoms. The maximum Gasteiger partial charge on any atom is 0.261 e. The van der Waals surface area contributed by atoms with E-state index in [4.69, 9.17) is 0 Å². The van der Waals surface area contributed by atoms with Crippen LogP contribution in [0.2, 0.25) is 0 Å². The molecule has 1 saturated carbocycles. The van der Waals surface area contributed by atoms with E-state index in [1.165, 1.54) is 10.9 Å². The zero-order chi connectivity index (χ0) is 17.2. The van der Waals surface area contributed by atoms with Crippen LogP contribution in [0.15, 0.2) is 59.9 Å². The Morgan fingerprint density at radius 3 is 2.80 bits per heavy atom. The quantitative estimate of drug-likeness (QED) is 0.715. The maximum atomic E-state index is 12.8. The summed E-state index contributed by atoms with van der Waals surface area (Å²) in [5.41, 5.74) is 1.45. The highest BCUT2D eigenvalue weighted by atomic mass is 16.2. The number of fused-ring (bicyclic) bond motifs is 1. The van der Waals surface area contributed by atoms with E-state index >= 15 is 0 Å². The molecule has 1 amide bonds. The van der Waals surface area contributed by atoms with Crippen LogP contribution in [0.1, 0.15) is 18.4 Å². The zero-order valence-electron chi connectivity index (χ0n) is 13.7. The van der Waals surface area contributed by atoms with Crippen molar-refractivity contribution >= 4 is 16.8 Å². The first-order chi connectivity index (χ1) is 12.2. The summed E-state index contributed by atoms with van der Waals surface area (Å²) >= 11 is 0. The first-order valence-corrected chi connectivity index (χ1v) is 8.35. The van der Waals surface area contributed by atoms with Crippen LogP contribution in [0.5, 0.6) is 0 Å². The molecule has 1 aliphatic carbocycles. The molecule has 6 nitrogen and oxygen atoms in total. The number of aromatic nitrogens is 3. The molecule has 0 radical (unpaired) electrons. The standard InChI is InChI=1S/C19H18N4O2/c24-18(23(15-7-8-15)11-14-4-3-9-20-10-14)12-22-13-21-17-6-2-1-5-16(17)19(22)25/h1-6,9-10,13,15H,7-8,11-12H2. The SMILES string of the molecule is O=C(Cn1cnc2ccccc2c1=O)N(Cc1cccnc1)C1CC1. The van der Waals surface area contributed by atoms with Gasteiger partial charge in [0.2, 0.25) is 5.91 Å². The van der Waals surface area contributed by atoms with Crippen LogP contribution >= 0.6 is 0 Å². The first kappa shape index (κ1) is 15.5. The van der Waals surface area contributed by atoms with Gasteiger partial charge >= 0.3 is 0 Å². The minimum atomic E-state index is -0.184. The number of pyridine rings is 1. The van der Waals surface area contributed by atoms with Crippen LogP contribution in [0.4, 0.5) is 0 Å². The minimum absolute atomic E-state index is 0.00737. The van der Waals surface area contributed by atoms with E-state index in [-0.39, 0.29) is 24.1 Å². The second kappa shape index (κ2) is 6.47. The van der Waals surface area contributed by atoms with Crippen molar-refractivity contribution in [2.24, 2.45) is 0 Å². The summed E-state index contributed by atoms with van der Waals surface area (Å²) in [6.07, 6.45) is 6.96. The number of carbonyl (C=O) groups excluding carboxylic acids is 1. The smallest absolute Gasteiger partial charge is 0.261 e. The van der Waals surface area contributed by atoms with Crippen molar-refractivity contribution in [1.82, 2.24) is 19.4 Å². The number of carbonyl (C=O) groups is 1. The number of amides is 1. The lowest BCUT2D eigenvalue weighted by atomic mass is 10.2. The van der Waals surface area contributed by atoms with Crippen LogP contribution < -0.4 is 5.56 Å². The molecule has 3 aromatic rings. The van der Waals surface area contributed by atoms with Gasteiger partial charge < -0.3 is 4.90 Å². The molecule has 0 unspecified atom stereocenters. The number of para-hydroxylation sites is 1. The van der Waals surface area contributed by atoms with Crippen molar-refractivity contribution in [3.63, 3.8) is 0 Å². The molecular formula is C19H18N4O2. The van der Waals surface area contributed by atoms with Gasteiger partial charge in [0, 0.05) is 25.0 Å². The van der Waals surface area contributed by atoms with Crippen LogP contribution in [0, 0.1) is 0 Å². The van der Waals surface area contributed by atoms with E-state index < -0.39 is 0 Å². The Balaban J connectivity index is 1.57. The summed E-state index contributed by atoms with van der Waals surface area (Å²) in [6.45, 7) is 0.528. The van der Waals surface area contributed by atoms with Crippen molar-refractivity contribution in [2.75, 3.05) is 0 Å².